The summed E-state index contributed by atoms with van der Waals surface area (Å²) in [5.41, 5.74) is -0.199. The minimum Gasteiger partial charge on any atom is -0.382 e. The Balaban J connectivity index is 4.27. The first-order valence-corrected chi connectivity index (χ1v) is 8.10. The Kier molecular flexibility index (Phi) is 8.43. The van der Waals surface area contributed by atoms with Crippen molar-refractivity contribution in [2.45, 2.75) is 98.2 Å². The van der Waals surface area contributed by atoms with E-state index in [0.29, 0.717) is 18.1 Å². The zero-order chi connectivity index (χ0) is 16.0. The van der Waals surface area contributed by atoms with Crippen molar-refractivity contribution < 1.29 is 9.47 Å². The van der Waals surface area contributed by atoms with Gasteiger partial charge in [-0.05, 0) is 53.4 Å². The maximum absolute atomic E-state index is 6.22. The van der Waals surface area contributed by atoms with Gasteiger partial charge in [0.2, 0.25) is 0 Å². The van der Waals surface area contributed by atoms with Crippen LogP contribution in [-0.2, 0) is 9.47 Å². The highest BCUT2D eigenvalue weighted by Gasteiger charge is 2.32. The third-order valence-electron chi connectivity index (χ3n) is 3.24. The van der Waals surface area contributed by atoms with Crippen LogP contribution >= 0.6 is 0 Å². The van der Waals surface area contributed by atoms with Crippen LogP contribution in [0.15, 0.2) is 0 Å². The van der Waals surface area contributed by atoms with Crippen LogP contribution in [0.5, 0.6) is 0 Å². The van der Waals surface area contributed by atoms with Gasteiger partial charge in [-0.15, -0.1) is 0 Å². The average molecular weight is 283 g/mol. The van der Waals surface area contributed by atoms with Gasteiger partial charge in [-0.1, -0.05) is 33.0 Å². The van der Waals surface area contributed by atoms with E-state index in [0.717, 1.165) is 19.4 Å². The molecule has 2 nitrogen and oxygen atoms in total. The molecule has 0 aromatic rings. The molecule has 0 aromatic heterocycles. The Morgan fingerprint density at radius 3 is 1.95 bits per heavy atom. The Bertz CT molecular complexity index is 260. The molecule has 0 heterocycles. The van der Waals surface area contributed by atoms with Gasteiger partial charge in [-0.3, -0.25) is 0 Å². The minimum atomic E-state index is -0.199. The Morgan fingerprint density at radius 1 is 0.950 bits per heavy atom. The van der Waals surface area contributed by atoms with E-state index >= 15 is 0 Å². The third kappa shape index (κ3) is 10.7. The lowest BCUT2D eigenvalue weighted by atomic mass is 9.44. The van der Waals surface area contributed by atoms with E-state index in [1.807, 2.05) is 0 Å². The van der Waals surface area contributed by atoms with Crippen molar-refractivity contribution >= 4 is 7.28 Å². The normalized spacial score (nSPS) is 14.9. The van der Waals surface area contributed by atoms with Gasteiger partial charge in [-0.25, -0.2) is 0 Å². The lowest BCUT2D eigenvalue weighted by Crippen LogP contribution is -2.41. The first-order chi connectivity index (χ1) is 8.93. The van der Waals surface area contributed by atoms with Crippen molar-refractivity contribution in [2.24, 2.45) is 5.92 Å². The molecule has 0 amide bonds. The van der Waals surface area contributed by atoms with Gasteiger partial charge >= 0.3 is 0 Å². The highest BCUT2D eigenvalue weighted by atomic mass is 16.5. The van der Waals surface area contributed by atoms with E-state index in [-0.39, 0.29) is 10.8 Å². The zero-order valence-electron chi connectivity index (χ0n) is 15.2. The molecule has 0 N–H and O–H groups in total. The van der Waals surface area contributed by atoms with E-state index in [1.54, 1.807) is 0 Å². The quantitative estimate of drug-likeness (QED) is 0.531. The van der Waals surface area contributed by atoms with Gasteiger partial charge in [0.05, 0.1) is 12.2 Å². The van der Waals surface area contributed by atoms with Crippen molar-refractivity contribution in [1.82, 2.24) is 0 Å². The molecule has 3 heteroatoms. The second kappa shape index (κ2) is 8.43. The van der Waals surface area contributed by atoms with Crippen molar-refractivity contribution in [1.29, 1.82) is 0 Å². The molecule has 20 heavy (non-hydrogen) atoms. The minimum absolute atomic E-state index is 0.121. The van der Waals surface area contributed by atoms with E-state index in [2.05, 4.69) is 69.6 Å². The van der Waals surface area contributed by atoms with Crippen LogP contribution in [0.4, 0.5) is 0 Å². The molecule has 0 rings (SSSR count). The molecule has 1 radical (unpaired) electrons. The fourth-order valence-corrected chi connectivity index (χ4v) is 2.84. The summed E-state index contributed by atoms with van der Waals surface area (Å²) >= 11 is 0. The standard InChI is InChI=1S/C17H36BO2/c1-13(2)12-15(5)20-17(8,9)18-16(6,7)10-11-19-14(3)4/h13-15H,10-12H2,1-9H3. The maximum Gasteiger partial charge on any atom is 0.160 e. The summed E-state index contributed by atoms with van der Waals surface area (Å²) in [5, 5.41) is 0.121. The lowest BCUT2D eigenvalue weighted by molar-refractivity contribution is -0.0233. The van der Waals surface area contributed by atoms with Gasteiger partial charge in [0, 0.05) is 12.1 Å². The van der Waals surface area contributed by atoms with Crippen LogP contribution in [0.3, 0.4) is 0 Å². The number of ether oxygens (including phenoxy) is 2. The lowest BCUT2D eigenvalue weighted by Gasteiger charge is -2.36. The van der Waals surface area contributed by atoms with Crippen LogP contribution in [0.1, 0.15) is 75.2 Å². The Morgan fingerprint density at radius 2 is 1.50 bits per heavy atom. The molecule has 0 aliphatic carbocycles. The summed E-state index contributed by atoms with van der Waals surface area (Å²) < 4.78 is 11.9. The summed E-state index contributed by atoms with van der Waals surface area (Å²) in [6.07, 6.45) is 2.73. The molecule has 119 valence electrons. The fourth-order valence-electron chi connectivity index (χ4n) is 2.84. The van der Waals surface area contributed by atoms with Crippen LogP contribution in [0, 0.1) is 5.92 Å². The number of hydrogen-bond acceptors (Lipinski definition) is 2. The SMILES string of the molecule is CC(C)CC(C)OC(C)(C)[B]C(C)(C)CCOC(C)C. The molecular weight excluding hydrogens is 247 g/mol. The van der Waals surface area contributed by atoms with Crippen LogP contribution in [-0.4, -0.2) is 31.6 Å². The first kappa shape index (κ1) is 20.0. The highest BCUT2D eigenvalue weighted by Crippen LogP contribution is 2.33. The van der Waals surface area contributed by atoms with E-state index in [4.69, 9.17) is 9.47 Å². The van der Waals surface area contributed by atoms with Gasteiger partial charge in [0.1, 0.15) is 0 Å². The third-order valence-corrected chi connectivity index (χ3v) is 3.24. The number of rotatable bonds is 10. The van der Waals surface area contributed by atoms with E-state index < -0.39 is 0 Å². The molecule has 0 aliphatic rings. The topological polar surface area (TPSA) is 18.5 Å². The summed E-state index contributed by atoms with van der Waals surface area (Å²) in [6, 6.07) is 0. The van der Waals surface area contributed by atoms with Crippen molar-refractivity contribution in [3.8, 4) is 0 Å². The van der Waals surface area contributed by atoms with Gasteiger partial charge in [-0.2, -0.15) is 0 Å². The largest absolute Gasteiger partial charge is 0.382 e. The molecule has 0 aromatic carbocycles. The highest BCUT2D eigenvalue weighted by molar-refractivity contribution is 6.43. The molecular formula is C17H36BO2. The predicted octanol–water partition coefficient (Wildman–Crippen LogP) is 4.89. The molecule has 1 atom stereocenters. The second-order valence-electron chi connectivity index (χ2n) is 7.96. The van der Waals surface area contributed by atoms with Crippen LogP contribution < -0.4 is 0 Å². The van der Waals surface area contributed by atoms with Crippen LogP contribution in [0.25, 0.3) is 0 Å². The van der Waals surface area contributed by atoms with Crippen molar-refractivity contribution in [3.63, 3.8) is 0 Å². The second-order valence-corrected chi connectivity index (χ2v) is 7.96. The Hall–Kier alpha value is -0.0151. The van der Waals surface area contributed by atoms with Crippen LogP contribution in [0.2, 0.25) is 5.31 Å². The van der Waals surface area contributed by atoms with Crippen molar-refractivity contribution in [3.05, 3.63) is 0 Å². The van der Waals surface area contributed by atoms with Gasteiger partial charge in [0.15, 0.2) is 7.28 Å². The predicted molar refractivity (Wildman–Crippen MR) is 89.6 cm³/mol. The molecule has 0 bridgehead atoms. The molecule has 0 spiro atoms. The monoisotopic (exact) mass is 283 g/mol. The molecule has 0 fully saturated rings. The fraction of sp³-hybridized carbons (Fsp3) is 1.00. The number of hydrogen-bond donors (Lipinski definition) is 0. The molecule has 1 unspecified atom stereocenters. The van der Waals surface area contributed by atoms with E-state index in [9.17, 15) is 0 Å². The summed E-state index contributed by atoms with van der Waals surface area (Å²) in [5.74, 6) is 0.674. The molecule has 0 aliphatic heterocycles. The smallest absolute Gasteiger partial charge is 0.160 e. The van der Waals surface area contributed by atoms with Gasteiger partial charge < -0.3 is 9.47 Å². The first-order valence-electron chi connectivity index (χ1n) is 8.10. The van der Waals surface area contributed by atoms with Gasteiger partial charge in [0.25, 0.3) is 0 Å². The molecule has 0 saturated carbocycles. The van der Waals surface area contributed by atoms with Crippen molar-refractivity contribution in [2.75, 3.05) is 6.61 Å². The van der Waals surface area contributed by atoms with E-state index in [1.165, 1.54) is 0 Å². The Labute approximate surface area is 128 Å². The summed E-state index contributed by atoms with van der Waals surface area (Å²) in [7, 11) is 2.33. The summed E-state index contributed by atoms with van der Waals surface area (Å²) in [4.78, 5) is 0. The maximum atomic E-state index is 6.22. The zero-order valence-corrected chi connectivity index (χ0v) is 15.2. The summed E-state index contributed by atoms with van der Waals surface area (Å²) in [6.45, 7) is 20.5. The average Bonchev–Trinajstić information content (AvgIpc) is 2.10. The molecule has 0 saturated heterocycles.